The minimum atomic E-state index is -0.177. The Balaban J connectivity index is 1.95. The average molecular weight is 238 g/mol. The zero-order chi connectivity index (χ0) is 12.3. The van der Waals surface area contributed by atoms with Gasteiger partial charge in [-0.25, -0.2) is 0 Å². The maximum atomic E-state index is 12.1. The number of rotatable bonds is 2. The van der Waals surface area contributed by atoms with Crippen LogP contribution in [0, 0.1) is 23.2 Å². The van der Waals surface area contributed by atoms with Crippen LogP contribution in [0.4, 0.5) is 0 Å². The molecule has 0 saturated heterocycles. The summed E-state index contributed by atoms with van der Waals surface area (Å²) in [5.74, 6) is 1.82. The Morgan fingerprint density at radius 3 is 2.18 bits per heavy atom. The first-order valence-electron chi connectivity index (χ1n) is 6.67. The van der Waals surface area contributed by atoms with Crippen LogP contribution in [0.1, 0.15) is 39.0 Å². The third-order valence-electron chi connectivity index (χ3n) is 5.87. The Morgan fingerprint density at radius 1 is 1.12 bits per heavy atom. The number of carbonyl (C=O) groups excluding carboxylic acids is 1. The lowest BCUT2D eigenvalue weighted by Crippen LogP contribution is -2.62. The predicted octanol–water partition coefficient (Wildman–Crippen LogP) is 2.39. The summed E-state index contributed by atoms with van der Waals surface area (Å²) in [6, 6.07) is 0. The molecule has 2 atom stereocenters. The Bertz CT molecular complexity index is 333. The normalized spacial score (nSPS) is 51.6. The molecule has 2 unspecified atom stereocenters. The highest BCUT2D eigenvalue weighted by Crippen LogP contribution is 2.64. The highest BCUT2D eigenvalue weighted by atomic mass is 16.5. The molecule has 0 aromatic heterocycles. The van der Waals surface area contributed by atoms with Gasteiger partial charge in [-0.05, 0) is 56.8 Å². The Labute approximate surface area is 103 Å². The van der Waals surface area contributed by atoms with Gasteiger partial charge < -0.3 is 9.47 Å². The molecule has 0 amide bonds. The van der Waals surface area contributed by atoms with Crippen LogP contribution < -0.4 is 0 Å². The van der Waals surface area contributed by atoms with Crippen LogP contribution in [0.3, 0.4) is 0 Å². The van der Waals surface area contributed by atoms with Crippen LogP contribution >= 0.6 is 0 Å². The zero-order valence-electron chi connectivity index (χ0n) is 11.0. The average Bonchev–Trinajstić information content (AvgIpc) is 2.33. The van der Waals surface area contributed by atoms with E-state index in [0.29, 0.717) is 11.8 Å². The van der Waals surface area contributed by atoms with Gasteiger partial charge in [0, 0.05) is 7.11 Å². The fraction of sp³-hybridized carbons (Fsp3) is 0.929. The smallest absolute Gasteiger partial charge is 0.311 e. The molecule has 0 aromatic rings. The van der Waals surface area contributed by atoms with Crippen LogP contribution in [0.2, 0.25) is 0 Å². The molecular formula is C14H22O3. The Hall–Kier alpha value is -0.570. The number of carbonyl (C=O) groups is 1. The van der Waals surface area contributed by atoms with Gasteiger partial charge >= 0.3 is 5.97 Å². The molecule has 4 bridgehead atoms. The minimum Gasteiger partial charge on any atom is -0.469 e. The van der Waals surface area contributed by atoms with Crippen molar-refractivity contribution in [1.29, 1.82) is 0 Å². The second-order valence-electron chi connectivity index (χ2n) is 6.50. The predicted molar refractivity (Wildman–Crippen MR) is 63.4 cm³/mol. The molecule has 4 saturated carbocycles. The van der Waals surface area contributed by atoms with Gasteiger partial charge in [-0.1, -0.05) is 0 Å². The molecule has 4 aliphatic rings. The van der Waals surface area contributed by atoms with E-state index in [9.17, 15) is 4.79 Å². The van der Waals surface area contributed by atoms with E-state index >= 15 is 0 Å². The Kier molecular flexibility index (Phi) is 2.35. The molecule has 0 heterocycles. The number of hydrogen-bond donors (Lipinski definition) is 0. The molecule has 0 spiro atoms. The van der Waals surface area contributed by atoms with Gasteiger partial charge in [0.2, 0.25) is 0 Å². The van der Waals surface area contributed by atoms with E-state index in [1.54, 1.807) is 0 Å². The molecule has 4 fully saturated rings. The molecule has 0 aliphatic heterocycles. The van der Waals surface area contributed by atoms with Crippen molar-refractivity contribution in [3.05, 3.63) is 0 Å². The van der Waals surface area contributed by atoms with E-state index in [1.165, 1.54) is 20.0 Å². The van der Waals surface area contributed by atoms with E-state index in [0.717, 1.165) is 25.2 Å². The SMILES string of the molecule is COC(=O)C12CC3CC(C1)C(C)(OC)C(C3)C2. The third-order valence-corrected chi connectivity index (χ3v) is 5.87. The molecule has 0 N–H and O–H groups in total. The summed E-state index contributed by atoms with van der Waals surface area (Å²) in [5.41, 5.74) is -0.183. The quantitative estimate of drug-likeness (QED) is 0.693. The van der Waals surface area contributed by atoms with Crippen LogP contribution in [0.25, 0.3) is 0 Å². The van der Waals surface area contributed by atoms with Crippen LogP contribution in [-0.4, -0.2) is 25.8 Å². The maximum absolute atomic E-state index is 12.1. The minimum absolute atomic E-state index is 0.00551. The van der Waals surface area contributed by atoms with Crippen LogP contribution in [0.5, 0.6) is 0 Å². The van der Waals surface area contributed by atoms with Crippen molar-refractivity contribution in [3.63, 3.8) is 0 Å². The van der Waals surface area contributed by atoms with Gasteiger partial charge in [0.15, 0.2) is 0 Å². The largest absolute Gasteiger partial charge is 0.469 e. The fourth-order valence-electron chi connectivity index (χ4n) is 4.99. The number of hydrogen-bond acceptors (Lipinski definition) is 3. The number of methoxy groups -OCH3 is 2. The summed E-state index contributed by atoms with van der Waals surface area (Å²) in [6.07, 6.45) is 5.46. The molecular weight excluding hydrogens is 216 g/mol. The van der Waals surface area contributed by atoms with Gasteiger partial charge in [0.05, 0.1) is 18.1 Å². The van der Waals surface area contributed by atoms with Crippen molar-refractivity contribution in [3.8, 4) is 0 Å². The standard InChI is InChI=1S/C14H22O3/c1-13(17-3)10-4-9-5-11(13)8-14(6-9,7-10)12(15)16-2/h9-11H,4-8H2,1-3H3. The molecule has 4 aliphatic carbocycles. The van der Waals surface area contributed by atoms with Gasteiger partial charge in [-0.15, -0.1) is 0 Å². The number of ether oxygens (including phenoxy) is 2. The molecule has 3 nitrogen and oxygen atoms in total. The lowest BCUT2D eigenvalue weighted by Gasteiger charge is -2.62. The van der Waals surface area contributed by atoms with Crippen LogP contribution in [-0.2, 0) is 14.3 Å². The van der Waals surface area contributed by atoms with Gasteiger partial charge in [0.1, 0.15) is 0 Å². The lowest BCUT2D eigenvalue weighted by atomic mass is 9.45. The highest BCUT2D eigenvalue weighted by Gasteiger charge is 2.63. The van der Waals surface area contributed by atoms with E-state index in [1.807, 2.05) is 7.11 Å². The summed E-state index contributed by atoms with van der Waals surface area (Å²) in [4.78, 5) is 12.1. The van der Waals surface area contributed by atoms with E-state index in [4.69, 9.17) is 9.47 Å². The van der Waals surface area contributed by atoms with Gasteiger partial charge in [-0.2, -0.15) is 0 Å². The second-order valence-corrected chi connectivity index (χ2v) is 6.50. The summed E-state index contributed by atoms with van der Waals surface area (Å²) in [7, 11) is 3.35. The second kappa shape index (κ2) is 3.47. The van der Waals surface area contributed by atoms with E-state index in [2.05, 4.69) is 6.92 Å². The van der Waals surface area contributed by atoms with E-state index in [-0.39, 0.29) is 17.0 Å². The fourth-order valence-corrected chi connectivity index (χ4v) is 4.99. The molecule has 0 radical (unpaired) electrons. The summed E-state index contributed by atoms with van der Waals surface area (Å²) in [5, 5.41) is 0. The summed E-state index contributed by atoms with van der Waals surface area (Å²) >= 11 is 0. The summed E-state index contributed by atoms with van der Waals surface area (Å²) < 4.78 is 10.9. The molecule has 0 aromatic carbocycles. The van der Waals surface area contributed by atoms with Crippen molar-refractivity contribution in [2.75, 3.05) is 14.2 Å². The molecule has 3 heteroatoms. The van der Waals surface area contributed by atoms with Crippen molar-refractivity contribution in [1.82, 2.24) is 0 Å². The third kappa shape index (κ3) is 1.35. The van der Waals surface area contributed by atoms with Crippen molar-refractivity contribution < 1.29 is 14.3 Å². The monoisotopic (exact) mass is 238 g/mol. The molecule has 4 rings (SSSR count). The van der Waals surface area contributed by atoms with Crippen molar-refractivity contribution in [2.45, 2.75) is 44.6 Å². The summed E-state index contributed by atoms with van der Waals surface area (Å²) in [6.45, 7) is 2.24. The highest BCUT2D eigenvalue weighted by molar-refractivity contribution is 5.77. The molecule has 17 heavy (non-hydrogen) atoms. The first-order valence-corrected chi connectivity index (χ1v) is 6.67. The van der Waals surface area contributed by atoms with Gasteiger partial charge in [0.25, 0.3) is 0 Å². The van der Waals surface area contributed by atoms with Crippen molar-refractivity contribution >= 4 is 5.97 Å². The zero-order valence-corrected chi connectivity index (χ0v) is 11.0. The first kappa shape index (κ1) is 11.5. The van der Waals surface area contributed by atoms with Gasteiger partial charge in [-0.3, -0.25) is 4.79 Å². The molecule has 96 valence electrons. The topological polar surface area (TPSA) is 35.5 Å². The maximum Gasteiger partial charge on any atom is 0.311 e. The van der Waals surface area contributed by atoms with Crippen molar-refractivity contribution in [2.24, 2.45) is 23.2 Å². The number of esters is 1. The van der Waals surface area contributed by atoms with E-state index < -0.39 is 0 Å². The lowest BCUT2D eigenvalue weighted by molar-refractivity contribution is -0.216. The first-order chi connectivity index (χ1) is 8.04. The Morgan fingerprint density at radius 2 is 1.71 bits per heavy atom. The van der Waals surface area contributed by atoms with Crippen LogP contribution in [0.15, 0.2) is 0 Å².